The summed E-state index contributed by atoms with van der Waals surface area (Å²) in [6.45, 7) is 0. The molecule has 1 aromatic carbocycles. The van der Waals surface area contributed by atoms with Crippen LogP contribution in [0.15, 0.2) is 24.3 Å². The topological polar surface area (TPSA) is 35.5 Å². The summed E-state index contributed by atoms with van der Waals surface area (Å²) < 4.78 is 22.4. The summed E-state index contributed by atoms with van der Waals surface area (Å²) in [6.07, 6.45) is 3.55. The number of hydrogen-bond acceptors (Lipinski definition) is 3. The van der Waals surface area contributed by atoms with Gasteiger partial charge in [-0.2, -0.15) is 0 Å². The lowest BCUT2D eigenvalue weighted by Gasteiger charge is -2.02. The van der Waals surface area contributed by atoms with Gasteiger partial charge in [-0.1, -0.05) is 18.2 Å². The molecule has 0 aliphatic carbocycles. The van der Waals surface area contributed by atoms with E-state index in [0.717, 1.165) is 5.56 Å². The first-order valence-corrected chi connectivity index (χ1v) is 4.74. The minimum atomic E-state index is -0.410. The average molecular weight is 224 g/mol. The van der Waals surface area contributed by atoms with Gasteiger partial charge in [0, 0.05) is 0 Å². The van der Waals surface area contributed by atoms with Crippen molar-refractivity contribution in [1.82, 2.24) is 0 Å². The summed E-state index contributed by atoms with van der Waals surface area (Å²) in [5.74, 6) is -0.543. The summed E-state index contributed by atoms with van der Waals surface area (Å²) in [7, 11) is 2.73. The molecule has 1 rings (SSSR count). The highest BCUT2D eigenvalue weighted by Gasteiger charge is 2.01. The lowest BCUT2D eigenvalue weighted by Crippen LogP contribution is -1.96. The molecule has 0 saturated heterocycles. The molecule has 0 aliphatic heterocycles. The molecule has 0 fully saturated rings. The van der Waals surface area contributed by atoms with Gasteiger partial charge in [0.1, 0.15) is 0 Å². The highest BCUT2D eigenvalue weighted by molar-refractivity contribution is 5.72. The first-order chi connectivity index (χ1) is 7.67. The van der Waals surface area contributed by atoms with Crippen LogP contribution >= 0.6 is 0 Å². The van der Waals surface area contributed by atoms with Gasteiger partial charge in [-0.05, 0) is 17.7 Å². The van der Waals surface area contributed by atoms with Crippen molar-refractivity contribution in [2.24, 2.45) is 0 Å². The molecule has 86 valence electrons. The summed E-state index contributed by atoms with van der Waals surface area (Å²) >= 11 is 0. The molecular weight excluding hydrogens is 211 g/mol. The number of rotatable bonds is 4. The Hall–Kier alpha value is -1.84. The number of methoxy groups -OCH3 is 2. The third-order valence-electron chi connectivity index (χ3n) is 2.00. The maximum atomic E-state index is 13.1. The molecule has 0 spiro atoms. The van der Waals surface area contributed by atoms with Crippen molar-refractivity contribution >= 4 is 12.0 Å². The van der Waals surface area contributed by atoms with Crippen LogP contribution in [0, 0.1) is 5.82 Å². The molecular formula is C12H13FO3. The van der Waals surface area contributed by atoms with Gasteiger partial charge in [0.2, 0.25) is 0 Å². The smallest absolute Gasteiger partial charge is 0.309 e. The molecule has 0 radical (unpaired) electrons. The Morgan fingerprint density at radius 1 is 1.44 bits per heavy atom. The maximum Gasteiger partial charge on any atom is 0.309 e. The maximum absolute atomic E-state index is 13.1. The summed E-state index contributed by atoms with van der Waals surface area (Å²) in [5.41, 5.74) is 0.766. The van der Waals surface area contributed by atoms with E-state index in [1.165, 1.54) is 20.3 Å². The minimum absolute atomic E-state index is 0.181. The van der Waals surface area contributed by atoms with Crippen LogP contribution in [0.1, 0.15) is 12.0 Å². The Balaban J connectivity index is 2.70. The molecule has 0 amide bonds. The Morgan fingerprint density at radius 3 is 2.81 bits per heavy atom. The number of benzene rings is 1. The third-order valence-corrected chi connectivity index (χ3v) is 2.00. The van der Waals surface area contributed by atoms with E-state index in [1.54, 1.807) is 24.3 Å². The van der Waals surface area contributed by atoms with Crippen LogP contribution in [0.4, 0.5) is 4.39 Å². The van der Waals surface area contributed by atoms with E-state index in [0.29, 0.717) is 0 Å². The third kappa shape index (κ3) is 3.38. The SMILES string of the molecule is COC(=O)CC=Cc1ccc(F)c(OC)c1. The first kappa shape index (κ1) is 12.2. The Labute approximate surface area is 93.5 Å². The van der Waals surface area contributed by atoms with E-state index in [9.17, 15) is 9.18 Å². The van der Waals surface area contributed by atoms with Gasteiger partial charge in [-0.3, -0.25) is 4.79 Å². The van der Waals surface area contributed by atoms with Crippen LogP contribution in [0.3, 0.4) is 0 Å². The monoisotopic (exact) mass is 224 g/mol. The van der Waals surface area contributed by atoms with Crippen LogP contribution in [0.2, 0.25) is 0 Å². The summed E-state index contributed by atoms with van der Waals surface area (Å²) in [5, 5.41) is 0. The largest absolute Gasteiger partial charge is 0.494 e. The molecule has 0 bridgehead atoms. The summed E-state index contributed by atoms with van der Waals surface area (Å²) in [4.78, 5) is 10.8. The number of hydrogen-bond donors (Lipinski definition) is 0. The standard InChI is InChI=1S/C12H13FO3/c1-15-11-8-9(6-7-10(11)13)4-3-5-12(14)16-2/h3-4,6-8H,5H2,1-2H3. The molecule has 3 nitrogen and oxygen atoms in total. The fraction of sp³-hybridized carbons (Fsp3) is 0.250. The molecule has 0 aliphatic rings. The zero-order valence-corrected chi connectivity index (χ0v) is 9.20. The van der Waals surface area contributed by atoms with Gasteiger partial charge in [-0.15, -0.1) is 0 Å². The quantitative estimate of drug-likeness (QED) is 0.737. The molecule has 0 heterocycles. The second-order valence-corrected chi connectivity index (χ2v) is 3.08. The number of halogens is 1. The number of esters is 1. The van der Waals surface area contributed by atoms with E-state index < -0.39 is 5.82 Å². The minimum Gasteiger partial charge on any atom is -0.494 e. The molecule has 0 atom stereocenters. The highest BCUT2D eigenvalue weighted by Crippen LogP contribution is 2.19. The van der Waals surface area contributed by atoms with E-state index in [2.05, 4.69) is 4.74 Å². The van der Waals surface area contributed by atoms with Gasteiger partial charge in [0.15, 0.2) is 11.6 Å². The zero-order chi connectivity index (χ0) is 12.0. The molecule has 0 aromatic heterocycles. The van der Waals surface area contributed by atoms with Crippen molar-refractivity contribution in [3.05, 3.63) is 35.7 Å². The summed E-state index contributed by atoms with van der Waals surface area (Å²) in [6, 6.07) is 4.48. The lowest BCUT2D eigenvalue weighted by molar-refractivity contribution is -0.139. The second-order valence-electron chi connectivity index (χ2n) is 3.08. The Bertz CT molecular complexity index is 399. The molecule has 0 saturated carbocycles. The number of carbonyl (C=O) groups excluding carboxylic acids is 1. The van der Waals surface area contributed by atoms with Crippen LogP contribution in [-0.2, 0) is 9.53 Å². The molecule has 0 unspecified atom stereocenters. The van der Waals surface area contributed by atoms with Crippen LogP contribution in [-0.4, -0.2) is 20.2 Å². The first-order valence-electron chi connectivity index (χ1n) is 4.74. The fourth-order valence-electron chi connectivity index (χ4n) is 1.15. The van der Waals surface area contributed by atoms with Crippen molar-refractivity contribution < 1.29 is 18.7 Å². The average Bonchev–Trinajstić information content (AvgIpc) is 2.31. The lowest BCUT2D eigenvalue weighted by atomic mass is 10.2. The van der Waals surface area contributed by atoms with Crippen molar-refractivity contribution in [2.45, 2.75) is 6.42 Å². The Kier molecular flexibility index (Phi) is 4.51. The fourth-order valence-corrected chi connectivity index (χ4v) is 1.15. The van der Waals surface area contributed by atoms with E-state index >= 15 is 0 Å². The highest BCUT2D eigenvalue weighted by atomic mass is 19.1. The normalized spacial score (nSPS) is 10.4. The van der Waals surface area contributed by atoms with Gasteiger partial charge >= 0.3 is 5.97 Å². The van der Waals surface area contributed by atoms with E-state index in [-0.39, 0.29) is 18.1 Å². The van der Waals surface area contributed by atoms with Crippen LogP contribution in [0.5, 0.6) is 5.75 Å². The van der Waals surface area contributed by atoms with Crippen molar-refractivity contribution in [3.8, 4) is 5.75 Å². The molecule has 4 heteroatoms. The van der Waals surface area contributed by atoms with Gasteiger partial charge in [0.25, 0.3) is 0 Å². The molecule has 0 N–H and O–H groups in total. The van der Waals surface area contributed by atoms with Crippen molar-refractivity contribution in [1.29, 1.82) is 0 Å². The van der Waals surface area contributed by atoms with Crippen LogP contribution in [0.25, 0.3) is 6.08 Å². The predicted molar refractivity (Wildman–Crippen MR) is 58.6 cm³/mol. The molecule has 16 heavy (non-hydrogen) atoms. The van der Waals surface area contributed by atoms with Gasteiger partial charge in [0.05, 0.1) is 20.6 Å². The zero-order valence-electron chi connectivity index (χ0n) is 9.20. The van der Waals surface area contributed by atoms with Crippen molar-refractivity contribution in [3.63, 3.8) is 0 Å². The molecule has 1 aromatic rings. The number of carbonyl (C=O) groups is 1. The van der Waals surface area contributed by atoms with Crippen molar-refractivity contribution in [2.75, 3.05) is 14.2 Å². The van der Waals surface area contributed by atoms with Gasteiger partial charge < -0.3 is 9.47 Å². The second kappa shape index (κ2) is 5.90. The van der Waals surface area contributed by atoms with E-state index in [1.807, 2.05) is 0 Å². The van der Waals surface area contributed by atoms with Gasteiger partial charge in [-0.25, -0.2) is 4.39 Å². The van der Waals surface area contributed by atoms with E-state index in [4.69, 9.17) is 4.74 Å². The van der Waals surface area contributed by atoms with Crippen LogP contribution < -0.4 is 4.74 Å². The Morgan fingerprint density at radius 2 is 2.19 bits per heavy atom. The number of ether oxygens (including phenoxy) is 2. The predicted octanol–water partition coefficient (Wildman–Crippen LogP) is 2.41.